The molecule has 0 saturated carbocycles. The number of piperazine rings is 1. The van der Waals surface area contributed by atoms with Crippen LogP contribution in [0.5, 0.6) is 0 Å². The maximum Gasteiger partial charge on any atom is 0.249 e. The molecule has 96 valence electrons. The Labute approximate surface area is 101 Å². The standard InChI is InChI=1S/C11H19N3O3/c1-4-7-10(17)13-8(15)6-14(7)9(16)5-11(2,3)12/h7H,4-6,12H2,1-3H3,(H,13,15,17). The van der Waals surface area contributed by atoms with E-state index in [2.05, 4.69) is 5.32 Å². The topological polar surface area (TPSA) is 92.5 Å². The molecule has 6 heteroatoms. The Kier molecular flexibility index (Phi) is 3.87. The summed E-state index contributed by atoms with van der Waals surface area (Å²) in [6.07, 6.45) is 0.597. The fourth-order valence-electron chi connectivity index (χ4n) is 1.83. The van der Waals surface area contributed by atoms with E-state index in [1.54, 1.807) is 20.8 Å². The molecule has 6 nitrogen and oxygen atoms in total. The van der Waals surface area contributed by atoms with Crippen molar-refractivity contribution < 1.29 is 14.4 Å². The molecule has 0 bridgehead atoms. The first-order valence-electron chi connectivity index (χ1n) is 5.66. The fourth-order valence-corrected chi connectivity index (χ4v) is 1.83. The van der Waals surface area contributed by atoms with Gasteiger partial charge in [0.25, 0.3) is 0 Å². The molecule has 0 radical (unpaired) electrons. The third-order valence-electron chi connectivity index (χ3n) is 2.57. The molecule has 1 atom stereocenters. The number of nitrogens with one attached hydrogen (secondary N) is 1. The van der Waals surface area contributed by atoms with Gasteiger partial charge in [0.15, 0.2) is 0 Å². The molecule has 0 aromatic carbocycles. The van der Waals surface area contributed by atoms with E-state index < -0.39 is 23.4 Å². The van der Waals surface area contributed by atoms with Crippen LogP contribution in [-0.4, -0.2) is 40.7 Å². The minimum absolute atomic E-state index is 0.0703. The number of rotatable bonds is 3. The number of carbonyl (C=O) groups excluding carboxylic acids is 3. The van der Waals surface area contributed by atoms with Crippen LogP contribution in [0.4, 0.5) is 0 Å². The van der Waals surface area contributed by atoms with E-state index in [-0.39, 0.29) is 18.9 Å². The van der Waals surface area contributed by atoms with Crippen molar-refractivity contribution in [2.45, 2.75) is 45.2 Å². The summed E-state index contributed by atoms with van der Waals surface area (Å²) in [7, 11) is 0. The Hall–Kier alpha value is -1.43. The zero-order chi connectivity index (χ0) is 13.2. The van der Waals surface area contributed by atoms with E-state index in [0.29, 0.717) is 6.42 Å². The van der Waals surface area contributed by atoms with E-state index in [1.807, 2.05) is 0 Å². The zero-order valence-corrected chi connectivity index (χ0v) is 10.4. The summed E-state index contributed by atoms with van der Waals surface area (Å²) in [4.78, 5) is 36.1. The lowest BCUT2D eigenvalue weighted by atomic mass is 10.00. The predicted molar refractivity (Wildman–Crippen MR) is 61.8 cm³/mol. The van der Waals surface area contributed by atoms with Gasteiger partial charge in [-0.25, -0.2) is 0 Å². The number of nitrogens with zero attached hydrogens (tertiary/aromatic N) is 1. The second-order valence-corrected chi connectivity index (χ2v) is 5.02. The smallest absolute Gasteiger partial charge is 0.249 e. The Morgan fingerprint density at radius 1 is 1.53 bits per heavy atom. The second-order valence-electron chi connectivity index (χ2n) is 5.02. The van der Waals surface area contributed by atoms with Crippen LogP contribution in [0, 0.1) is 0 Å². The highest BCUT2D eigenvalue weighted by Crippen LogP contribution is 2.14. The van der Waals surface area contributed by atoms with Gasteiger partial charge in [-0.3, -0.25) is 19.7 Å². The summed E-state index contributed by atoms with van der Waals surface area (Å²) in [5, 5.41) is 2.22. The van der Waals surface area contributed by atoms with Gasteiger partial charge in [-0.1, -0.05) is 6.92 Å². The van der Waals surface area contributed by atoms with Crippen LogP contribution in [0.1, 0.15) is 33.6 Å². The quantitative estimate of drug-likeness (QED) is 0.644. The summed E-state index contributed by atoms with van der Waals surface area (Å²) < 4.78 is 0. The number of carbonyl (C=O) groups is 3. The Morgan fingerprint density at radius 3 is 2.59 bits per heavy atom. The average molecular weight is 241 g/mol. The first-order valence-corrected chi connectivity index (χ1v) is 5.66. The van der Waals surface area contributed by atoms with Crippen LogP contribution >= 0.6 is 0 Å². The number of imide groups is 1. The molecule has 1 heterocycles. The molecule has 1 aliphatic rings. The maximum absolute atomic E-state index is 12.0. The van der Waals surface area contributed by atoms with Crippen molar-refractivity contribution >= 4 is 17.7 Å². The SMILES string of the molecule is CCC1C(=O)NC(=O)CN1C(=O)CC(C)(C)N. The number of nitrogens with two attached hydrogens (primary N) is 1. The van der Waals surface area contributed by atoms with E-state index in [1.165, 1.54) is 4.90 Å². The third-order valence-corrected chi connectivity index (χ3v) is 2.57. The molecule has 3 N–H and O–H groups in total. The summed E-state index contributed by atoms with van der Waals surface area (Å²) in [6.45, 7) is 5.20. The van der Waals surface area contributed by atoms with Gasteiger partial charge in [0.2, 0.25) is 17.7 Å². The first-order chi connectivity index (χ1) is 7.74. The molecule has 0 aromatic heterocycles. The second kappa shape index (κ2) is 4.83. The highest BCUT2D eigenvalue weighted by atomic mass is 16.2. The molecule has 3 amide bonds. The van der Waals surface area contributed by atoms with Crippen molar-refractivity contribution in [3.05, 3.63) is 0 Å². The highest BCUT2D eigenvalue weighted by Gasteiger charge is 2.36. The third kappa shape index (κ3) is 3.52. The van der Waals surface area contributed by atoms with Gasteiger partial charge in [0.05, 0.1) is 0 Å². The van der Waals surface area contributed by atoms with Crippen LogP contribution < -0.4 is 11.1 Å². The molecule has 0 aliphatic carbocycles. The van der Waals surface area contributed by atoms with Crippen molar-refractivity contribution in [3.63, 3.8) is 0 Å². The van der Waals surface area contributed by atoms with E-state index >= 15 is 0 Å². The van der Waals surface area contributed by atoms with Crippen molar-refractivity contribution in [1.82, 2.24) is 10.2 Å². The molecule has 1 fully saturated rings. The van der Waals surface area contributed by atoms with Crippen LogP contribution in [0.15, 0.2) is 0 Å². The Morgan fingerprint density at radius 2 is 2.12 bits per heavy atom. The van der Waals surface area contributed by atoms with E-state index in [4.69, 9.17) is 5.73 Å². The molecule has 0 spiro atoms. The number of hydrogen-bond donors (Lipinski definition) is 2. The normalized spacial score (nSPS) is 21.4. The summed E-state index contributed by atoms with van der Waals surface area (Å²) >= 11 is 0. The molecule has 1 saturated heterocycles. The van der Waals surface area contributed by atoms with Crippen molar-refractivity contribution in [2.24, 2.45) is 5.73 Å². The fraction of sp³-hybridized carbons (Fsp3) is 0.727. The maximum atomic E-state index is 12.0. The van der Waals surface area contributed by atoms with Gasteiger partial charge in [-0.05, 0) is 20.3 Å². The lowest BCUT2D eigenvalue weighted by molar-refractivity contribution is -0.150. The minimum Gasteiger partial charge on any atom is -0.325 e. The Balaban J connectivity index is 2.81. The van der Waals surface area contributed by atoms with Gasteiger partial charge < -0.3 is 10.6 Å². The van der Waals surface area contributed by atoms with Crippen LogP contribution in [0.25, 0.3) is 0 Å². The zero-order valence-electron chi connectivity index (χ0n) is 10.4. The van der Waals surface area contributed by atoms with Crippen LogP contribution in [0.2, 0.25) is 0 Å². The molecular weight excluding hydrogens is 222 g/mol. The molecule has 1 unspecified atom stereocenters. The summed E-state index contributed by atoms with van der Waals surface area (Å²) in [5.41, 5.74) is 5.12. The van der Waals surface area contributed by atoms with E-state index in [0.717, 1.165) is 0 Å². The first kappa shape index (κ1) is 13.6. The summed E-state index contributed by atoms with van der Waals surface area (Å²) in [5.74, 6) is -1.11. The predicted octanol–water partition coefficient (Wildman–Crippen LogP) is -0.623. The molecule has 0 aromatic rings. The van der Waals surface area contributed by atoms with E-state index in [9.17, 15) is 14.4 Å². The lowest BCUT2D eigenvalue weighted by Gasteiger charge is -2.35. The van der Waals surface area contributed by atoms with Gasteiger partial charge >= 0.3 is 0 Å². The Bertz CT molecular complexity index is 346. The van der Waals surface area contributed by atoms with Gasteiger partial charge in [0, 0.05) is 12.0 Å². The molecular formula is C11H19N3O3. The highest BCUT2D eigenvalue weighted by molar-refractivity contribution is 6.04. The minimum atomic E-state index is -0.646. The van der Waals surface area contributed by atoms with Crippen LogP contribution in [0.3, 0.4) is 0 Å². The van der Waals surface area contributed by atoms with Crippen molar-refractivity contribution in [3.8, 4) is 0 Å². The van der Waals surface area contributed by atoms with Crippen LogP contribution in [-0.2, 0) is 14.4 Å². The molecule has 1 rings (SSSR count). The van der Waals surface area contributed by atoms with Gasteiger partial charge in [0.1, 0.15) is 12.6 Å². The average Bonchev–Trinajstić information content (AvgIpc) is 2.13. The molecule has 17 heavy (non-hydrogen) atoms. The largest absolute Gasteiger partial charge is 0.325 e. The van der Waals surface area contributed by atoms with Gasteiger partial charge in [-0.15, -0.1) is 0 Å². The van der Waals surface area contributed by atoms with Crippen molar-refractivity contribution in [1.29, 1.82) is 0 Å². The number of hydrogen-bond acceptors (Lipinski definition) is 4. The summed E-state index contributed by atoms with van der Waals surface area (Å²) in [6, 6.07) is -0.567. The monoisotopic (exact) mass is 241 g/mol. The van der Waals surface area contributed by atoms with Gasteiger partial charge in [-0.2, -0.15) is 0 Å². The lowest BCUT2D eigenvalue weighted by Crippen LogP contribution is -2.60. The molecule has 1 aliphatic heterocycles. The number of amides is 3. The van der Waals surface area contributed by atoms with Crippen molar-refractivity contribution in [2.75, 3.05) is 6.54 Å².